The van der Waals surface area contributed by atoms with Crippen LogP contribution in [0.2, 0.25) is 0 Å². The predicted molar refractivity (Wildman–Crippen MR) is 190 cm³/mol. The summed E-state index contributed by atoms with van der Waals surface area (Å²) in [6.45, 7) is 4.66. The van der Waals surface area contributed by atoms with Crippen molar-refractivity contribution < 1.29 is 0 Å². The molecular formula is C42H31N3S. The highest BCUT2D eigenvalue weighted by Crippen LogP contribution is 2.50. The van der Waals surface area contributed by atoms with Crippen LogP contribution >= 0.6 is 11.8 Å². The molecule has 4 heteroatoms. The van der Waals surface area contributed by atoms with Crippen molar-refractivity contribution in [3.05, 3.63) is 163 Å². The largest absolute Gasteiger partial charge is 0.208 e. The van der Waals surface area contributed by atoms with Gasteiger partial charge in [-0.3, -0.25) is 0 Å². The van der Waals surface area contributed by atoms with Crippen LogP contribution < -0.4 is 0 Å². The first-order valence-electron chi connectivity index (χ1n) is 15.5. The van der Waals surface area contributed by atoms with Crippen LogP contribution in [0.15, 0.2) is 161 Å². The number of aromatic nitrogens is 3. The molecule has 0 fully saturated rings. The van der Waals surface area contributed by atoms with Crippen LogP contribution in [0.4, 0.5) is 0 Å². The summed E-state index contributed by atoms with van der Waals surface area (Å²) in [6.07, 6.45) is 0. The first kappa shape index (κ1) is 28.2. The normalized spacial score (nSPS) is 13.1. The highest BCUT2D eigenvalue weighted by atomic mass is 32.2. The van der Waals surface area contributed by atoms with Gasteiger partial charge in [0.2, 0.25) is 0 Å². The lowest BCUT2D eigenvalue weighted by Gasteiger charge is -2.35. The van der Waals surface area contributed by atoms with Crippen molar-refractivity contribution in [3.63, 3.8) is 0 Å². The second-order valence-corrected chi connectivity index (χ2v) is 13.1. The molecule has 0 atom stereocenters. The molecule has 8 rings (SSSR count). The molecule has 6 aromatic carbocycles. The Hall–Kier alpha value is -5.32. The molecule has 1 aliphatic heterocycles. The molecule has 0 saturated heterocycles. The molecule has 0 radical (unpaired) electrons. The fraction of sp³-hybridized carbons (Fsp3) is 0.0714. The molecule has 0 aliphatic carbocycles. The van der Waals surface area contributed by atoms with Crippen molar-refractivity contribution in [1.29, 1.82) is 0 Å². The Balaban J connectivity index is 1.30. The van der Waals surface area contributed by atoms with Gasteiger partial charge in [0.1, 0.15) is 0 Å². The van der Waals surface area contributed by atoms with Gasteiger partial charge >= 0.3 is 0 Å². The molecule has 1 aromatic heterocycles. The topological polar surface area (TPSA) is 38.7 Å². The quantitative estimate of drug-likeness (QED) is 0.195. The minimum atomic E-state index is -0.121. The van der Waals surface area contributed by atoms with E-state index in [1.54, 1.807) is 0 Å². The number of rotatable bonds is 5. The summed E-state index contributed by atoms with van der Waals surface area (Å²) < 4.78 is 0. The highest BCUT2D eigenvalue weighted by Gasteiger charge is 2.33. The summed E-state index contributed by atoms with van der Waals surface area (Å²) in [5.74, 6) is 1.95. The van der Waals surface area contributed by atoms with Gasteiger partial charge in [0.25, 0.3) is 0 Å². The van der Waals surface area contributed by atoms with Gasteiger partial charge < -0.3 is 0 Å². The third kappa shape index (κ3) is 5.01. The lowest BCUT2D eigenvalue weighted by Crippen LogP contribution is -2.23. The predicted octanol–water partition coefficient (Wildman–Crippen LogP) is 11.0. The van der Waals surface area contributed by atoms with E-state index in [-0.39, 0.29) is 5.41 Å². The van der Waals surface area contributed by atoms with E-state index in [1.165, 1.54) is 20.9 Å². The van der Waals surface area contributed by atoms with E-state index in [0.29, 0.717) is 17.5 Å². The molecule has 7 aromatic rings. The van der Waals surface area contributed by atoms with Gasteiger partial charge in [0.05, 0.1) is 0 Å². The summed E-state index contributed by atoms with van der Waals surface area (Å²) in [4.78, 5) is 18.0. The zero-order valence-electron chi connectivity index (χ0n) is 25.7. The number of hydrogen-bond donors (Lipinski definition) is 0. The zero-order chi connectivity index (χ0) is 31.1. The fourth-order valence-electron chi connectivity index (χ4n) is 6.42. The maximum Gasteiger partial charge on any atom is 0.164 e. The second kappa shape index (κ2) is 11.6. The van der Waals surface area contributed by atoms with Gasteiger partial charge in [-0.05, 0) is 51.6 Å². The lowest BCUT2D eigenvalue weighted by molar-refractivity contribution is 0.607. The van der Waals surface area contributed by atoms with Crippen LogP contribution in [0.3, 0.4) is 0 Å². The monoisotopic (exact) mass is 609 g/mol. The van der Waals surface area contributed by atoms with Gasteiger partial charge in [-0.15, -0.1) is 0 Å². The molecule has 0 amide bonds. The molecular weight excluding hydrogens is 579 g/mol. The van der Waals surface area contributed by atoms with Gasteiger partial charge in [-0.2, -0.15) is 0 Å². The van der Waals surface area contributed by atoms with Crippen molar-refractivity contribution in [2.24, 2.45) is 0 Å². The Kier molecular flexibility index (Phi) is 7.08. The van der Waals surface area contributed by atoms with E-state index in [9.17, 15) is 0 Å². The SMILES string of the molecule is CC1(C)c2ccccc2Sc2ccc(-c3ccccc3-c3nc(-c4ccccc4)nc(-c4ccccc4-c4ccccc4)n3)cc21. The Morgan fingerprint density at radius 1 is 0.391 bits per heavy atom. The van der Waals surface area contributed by atoms with E-state index in [1.807, 2.05) is 42.1 Å². The summed E-state index contributed by atoms with van der Waals surface area (Å²) >= 11 is 1.85. The maximum atomic E-state index is 5.19. The molecule has 2 heterocycles. The fourth-order valence-corrected chi connectivity index (χ4v) is 7.80. The molecule has 0 unspecified atom stereocenters. The van der Waals surface area contributed by atoms with Crippen LogP contribution in [-0.4, -0.2) is 15.0 Å². The summed E-state index contributed by atoms with van der Waals surface area (Å²) in [7, 11) is 0. The first-order chi connectivity index (χ1) is 22.6. The van der Waals surface area contributed by atoms with Crippen LogP contribution in [0.1, 0.15) is 25.0 Å². The minimum Gasteiger partial charge on any atom is -0.208 e. The van der Waals surface area contributed by atoms with Crippen LogP contribution in [-0.2, 0) is 5.41 Å². The van der Waals surface area contributed by atoms with Gasteiger partial charge in [0.15, 0.2) is 17.5 Å². The second-order valence-electron chi connectivity index (χ2n) is 12.1. The van der Waals surface area contributed by atoms with Crippen molar-refractivity contribution in [3.8, 4) is 56.4 Å². The number of fused-ring (bicyclic) bond motifs is 2. The van der Waals surface area contributed by atoms with E-state index < -0.39 is 0 Å². The average molecular weight is 610 g/mol. The minimum absolute atomic E-state index is 0.121. The van der Waals surface area contributed by atoms with Crippen molar-refractivity contribution in [2.45, 2.75) is 29.1 Å². The number of benzene rings is 6. The van der Waals surface area contributed by atoms with Gasteiger partial charge in [0, 0.05) is 31.9 Å². The number of hydrogen-bond acceptors (Lipinski definition) is 4. The molecule has 0 N–H and O–H groups in total. The average Bonchev–Trinajstić information content (AvgIpc) is 3.12. The molecule has 0 bridgehead atoms. The van der Waals surface area contributed by atoms with Gasteiger partial charge in [-0.25, -0.2) is 15.0 Å². The van der Waals surface area contributed by atoms with Crippen LogP contribution in [0, 0.1) is 0 Å². The third-order valence-electron chi connectivity index (χ3n) is 8.83. The van der Waals surface area contributed by atoms with Gasteiger partial charge in [-0.1, -0.05) is 159 Å². The zero-order valence-corrected chi connectivity index (χ0v) is 26.5. The molecule has 1 aliphatic rings. The summed E-state index contributed by atoms with van der Waals surface area (Å²) in [6, 6.07) is 53.0. The molecule has 0 saturated carbocycles. The molecule has 0 spiro atoms. The first-order valence-corrected chi connectivity index (χ1v) is 16.4. The Labute approximate surface area is 274 Å². The third-order valence-corrected chi connectivity index (χ3v) is 9.98. The molecule has 3 nitrogen and oxygen atoms in total. The van der Waals surface area contributed by atoms with E-state index >= 15 is 0 Å². The number of nitrogens with zero attached hydrogens (tertiary/aromatic N) is 3. The van der Waals surface area contributed by atoms with Crippen LogP contribution in [0.25, 0.3) is 56.4 Å². The van der Waals surface area contributed by atoms with E-state index in [4.69, 9.17) is 15.0 Å². The maximum absolute atomic E-state index is 5.19. The Morgan fingerprint density at radius 3 is 1.52 bits per heavy atom. The van der Waals surface area contributed by atoms with Crippen molar-refractivity contribution in [1.82, 2.24) is 15.0 Å². The molecule has 220 valence electrons. The van der Waals surface area contributed by atoms with Crippen LogP contribution in [0.5, 0.6) is 0 Å². The Morgan fingerprint density at radius 2 is 0.870 bits per heavy atom. The summed E-state index contributed by atoms with van der Waals surface area (Å²) in [5.41, 5.74) is 9.93. The lowest BCUT2D eigenvalue weighted by atomic mass is 9.77. The highest BCUT2D eigenvalue weighted by molar-refractivity contribution is 7.99. The smallest absolute Gasteiger partial charge is 0.164 e. The molecule has 46 heavy (non-hydrogen) atoms. The Bertz CT molecular complexity index is 2210. The standard InChI is InChI=1S/C42H31N3S/c1-42(2)35-23-13-14-24-37(35)46-38-26-25-30(27-36(38)42)32-20-10-12-22-34(32)41-44-39(29-17-7-4-8-18-29)43-40(45-41)33-21-11-9-19-31(33)28-15-5-3-6-16-28/h3-27H,1-2H3. The van der Waals surface area contributed by atoms with Crippen molar-refractivity contribution >= 4 is 11.8 Å². The summed E-state index contributed by atoms with van der Waals surface area (Å²) in [5, 5.41) is 0. The van der Waals surface area contributed by atoms with Crippen molar-refractivity contribution in [2.75, 3.05) is 0 Å². The van der Waals surface area contributed by atoms with E-state index in [0.717, 1.165) is 38.9 Å². The van der Waals surface area contributed by atoms with E-state index in [2.05, 4.69) is 135 Å².